The maximum atomic E-state index is 12.4. The fourth-order valence-electron chi connectivity index (χ4n) is 1.54. The van der Waals surface area contributed by atoms with Crippen molar-refractivity contribution in [3.8, 4) is 10.6 Å². The third-order valence-corrected chi connectivity index (χ3v) is 3.58. The summed E-state index contributed by atoms with van der Waals surface area (Å²) in [5.74, 6) is -2.97. The van der Waals surface area contributed by atoms with Crippen LogP contribution in [-0.4, -0.2) is 27.1 Å². The van der Waals surface area contributed by atoms with Gasteiger partial charge in [0.15, 0.2) is 5.69 Å². The molecule has 0 bridgehead atoms. The maximum Gasteiger partial charge on any atom is 0.416 e. The van der Waals surface area contributed by atoms with Crippen LogP contribution < -0.4 is 0 Å². The van der Waals surface area contributed by atoms with Gasteiger partial charge in [-0.25, -0.2) is 14.6 Å². The third kappa shape index (κ3) is 3.02. The summed E-state index contributed by atoms with van der Waals surface area (Å²) in [6.45, 7) is 0. The number of rotatable bonds is 3. The van der Waals surface area contributed by atoms with Gasteiger partial charge in [0.1, 0.15) is 9.88 Å². The molecule has 2 N–H and O–H groups in total. The second kappa shape index (κ2) is 5.17. The van der Waals surface area contributed by atoms with Crippen LogP contribution in [0.3, 0.4) is 0 Å². The number of aromatic nitrogens is 1. The van der Waals surface area contributed by atoms with E-state index in [-0.39, 0.29) is 10.6 Å². The van der Waals surface area contributed by atoms with Crippen molar-refractivity contribution in [2.75, 3.05) is 0 Å². The first-order valence-electron chi connectivity index (χ1n) is 5.35. The van der Waals surface area contributed by atoms with E-state index >= 15 is 0 Å². The Morgan fingerprint density at radius 3 is 2.00 bits per heavy atom. The molecule has 0 fully saturated rings. The molecular weight excluding hydrogens is 311 g/mol. The highest BCUT2D eigenvalue weighted by Gasteiger charge is 2.30. The third-order valence-electron chi connectivity index (χ3n) is 2.48. The summed E-state index contributed by atoms with van der Waals surface area (Å²) in [7, 11) is 0. The van der Waals surface area contributed by atoms with Crippen LogP contribution in [0.1, 0.15) is 25.7 Å². The molecule has 21 heavy (non-hydrogen) atoms. The molecule has 0 aliphatic carbocycles. The zero-order valence-corrected chi connectivity index (χ0v) is 10.8. The van der Waals surface area contributed by atoms with Gasteiger partial charge in [-0.15, -0.1) is 11.3 Å². The van der Waals surface area contributed by atoms with Gasteiger partial charge in [-0.2, -0.15) is 13.2 Å². The number of carboxylic acids is 2. The summed E-state index contributed by atoms with van der Waals surface area (Å²) in [6.07, 6.45) is -4.49. The lowest BCUT2D eigenvalue weighted by Gasteiger charge is -2.06. The van der Waals surface area contributed by atoms with Crippen molar-refractivity contribution >= 4 is 23.3 Å². The van der Waals surface area contributed by atoms with Crippen molar-refractivity contribution in [2.24, 2.45) is 0 Å². The second-order valence-electron chi connectivity index (χ2n) is 3.88. The Kier molecular flexibility index (Phi) is 3.69. The molecule has 0 saturated carbocycles. The number of halogens is 3. The molecule has 0 radical (unpaired) electrons. The molecule has 110 valence electrons. The molecule has 1 heterocycles. The Balaban J connectivity index is 2.45. The Bertz CT molecular complexity index is 675. The lowest BCUT2D eigenvalue weighted by atomic mass is 10.1. The first kappa shape index (κ1) is 15.0. The van der Waals surface area contributed by atoms with Crippen molar-refractivity contribution in [2.45, 2.75) is 6.18 Å². The van der Waals surface area contributed by atoms with Crippen LogP contribution in [0.5, 0.6) is 0 Å². The zero-order valence-electron chi connectivity index (χ0n) is 10.0. The molecule has 0 amide bonds. The van der Waals surface area contributed by atoms with Crippen LogP contribution >= 0.6 is 11.3 Å². The van der Waals surface area contributed by atoms with Gasteiger partial charge in [0.25, 0.3) is 0 Å². The SMILES string of the molecule is O=C(O)c1nc(-c2ccc(C(F)(F)F)cc2)sc1C(=O)O. The van der Waals surface area contributed by atoms with E-state index in [0.717, 1.165) is 24.3 Å². The van der Waals surface area contributed by atoms with Gasteiger partial charge in [0, 0.05) is 5.56 Å². The number of carbonyl (C=O) groups is 2. The van der Waals surface area contributed by atoms with Crippen molar-refractivity contribution in [1.82, 2.24) is 4.98 Å². The number of hydrogen-bond donors (Lipinski definition) is 2. The second-order valence-corrected chi connectivity index (χ2v) is 4.88. The quantitative estimate of drug-likeness (QED) is 0.907. The molecule has 0 spiro atoms. The number of alkyl halides is 3. The number of hydrogen-bond acceptors (Lipinski definition) is 4. The molecule has 0 saturated heterocycles. The van der Waals surface area contributed by atoms with E-state index in [2.05, 4.69) is 4.98 Å². The molecule has 0 aliphatic heterocycles. The number of nitrogens with zero attached hydrogens (tertiary/aromatic N) is 1. The van der Waals surface area contributed by atoms with Crippen molar-refractivity contribution < 1.29 is 33.0 Å². The summed E-state index contributed by atoms with van der Waals surface area (Å²) in [6, 6.07) is 3.85. The Hall–Kier alpha value is -2.42. The van der Waals surface area contributed by atoms with Crippen LogP contribution in [0, 0.1) is 0 Å². The number of benzene rings is 1. The highest BCUT2D eigenvalue weighted by Crippen LogP contribution is 2.33. The molecule has 1 aromatic carbocycles. The van der Waals surface area contributed by atoms with Crippen LogP contribution in [-0.2, 0) is 6.18 Å². The van der Waals surface area contributed by atoms with Crippen LogP contribution in [0.4, 0.5) is 13.2 Å². The van der Waals surface area contributed by atoms with Gasteiger partial charge < -0.3 is 10.2 Å². The van der Waals surface area contributed by atoms with Crippen molar-refractivity contribution in [3.05, 3.63) is 40.4 Å². The van der Waals surface area contributed by atoms with E-state index in [1.54, 1.807) is 0 Å². The fraction of sp³-hybridized carbons (Fsp3) is 0.0833. The molecule has 5 nitrogen and oxygen atoms in total. The minimum atomic E-state index is -4.49. The standard InChI is InChI=1S/C12H6F3NO4S/c13-12(14,15)6-3-1-5(2-4-6)9-16-7(10(17)18)8(21-9)11(19)20/h1-4H,(H,17,18)(H,19,20). The molecule has 0 unspecified atom stereocenters. The molecule has 9 heteroatoms. The monoisotopic (exact) mass is 317 g/mol. The maximum absolute atomic E-state index is 12.4. The fourth-order valence-corrected chi connectivity index (χ4v) is 2.44. The van der Waals surface area contributed by atoms with Gasteiger partial charge in [-0.3, -0.25) is 0 Å². The topological polar surface area (TPSA) is 87.5 Å². The smallest absolute Gasteiger partial charge is 0.416 e. The number of aromatic carboxylic acids is 2. The minimum absolute atomic E-state index is 0.0264. The molecule has 1 aromatic heterocycles. The van der Waals surface area contributed by atoms with Crippen molar-refractivity contribution in [1.29, 1.82) is 0 Å². The van der Waals surface area contributed by atoms with E-state index in [1.807, 2.05) is 0 Å². The predicted octanol–water partition coefficient (Wildman–Crippen LogP) is 3.23. The van der Waals surface area contributed by atoms with E-state index in [4.69, 9.17) is 10.2 Å². The largest absolute Gasteiger partial charge is 0.477 e. The lowest BCUT2D eigenvalue weighted by Crippen LogP contribution is -2.05. The number of thiazole rings is 1. The van der Waals surface area contributed by atoms with Crippen LogP contribution in [0.25, 0.3) is 10.6 Å². The Morgan fingerprint density at radius 2 is 1.62 bits per heavy atom. The summed E-state index contributed by atoms with van der Waals surface area (Å²) >= 11 is 0.590. The molecule has 0 atom stereocenters. The van der Waals surface area contributed by atoms with Gasteiger partial charge in [-0.05, 0) is 12.1 Å². The van der Waals surface area contributed by atoms with E-state index in [1.165, 1.54) is 0 Å². The highest BCUT2D eigenvalue weighted by molar-refractivity contribution is 7.17. The van der Waals surface area contributed by atoms with Gasteiger partial charge >= 0.3 is 18.1 Å². The molecule has 2 aromatic rings. The Labute approximate surface area is 119 Å². The Morgan fingerprint density at radius 1 is 1.05 bits per heavy atom. The summed E-state index contributed by atoms with van der Waals surface area (Å²) < 4.78 is 37.3. The van der Waals surface area contributed by atoms with Crippen LogP contribution in [0.2, 0.25) is 0 Å². The van der Waals surface area contributed by atoms with Gasteiger partial charge in [0.05, 0.1) is 5.56 Å². The molecular formula is C12H6F3NO4S. The zero-order chi connectivity index (χ0) is 15.8. The molecule has 0 aliphatic rings. The predicted molar refractivity (Wildman–Crippen MR) is 66.5 cm³/mol. The normalized spacial score (nSPS) is 11.4. The minimum Gasteiger partial charge on any atom is -0.477 e. The average Bonchev–Trinajstić information content (AvgIpc) is 2.83. The van der Waals surface area contributed by atoms with Gasteiger partial charge in [-0.1, -0.05) is 12.1 Å². The summed E-state index contributed by atoms with van der Waals surface area (Å²) in [4.78, 5) is 25.0. The first-order valence-corrected chi connectivity index (χ1v) is 6.17. The van der Waals surface area contributed by atoms with Crippen LogP contribution in [0.15, 0.2) is 24.3 Å². The van der Waals surface area contributed by atoms with E-state index in [0.29, 0.717) is 11.3 Å². The lowest BCUT2D eigenvalue weighted by molar-refractivity contribution is -0.137. The van der Waals surface area contributed by atoms with E-state index in [9.17, 15) is 22.8 Å². The molecule has 2 rings (SSSR count). The first-order chi connectivity index (χ1) is 9.70. The van der Waals surface area contributed by atoms with E-state index < -0.39 is 34.2 Å². The van der Waals surface area contributed by atoms with Gasteiger partial charge in [0.2, 0.25) is 0 Å². The van der Waals surface area contributed by atoms with Crippen molar-refractivity contribution in [3.63, 3.8) is 0 Å². The number of carboxylic acid groups (broad SMARTS) is 2. The average molecular weight is 317 g/mol. The highest BCUT2D eigenvalue weighted by atomic mass is 32.1. The summed E-state index contributed by atoms with van der Waals surface area (Å²) in [5.41, 5.74) is -1.29. The summed E-state index contributed by atoms with van der Waals surface area (Å²) in [5, 5.41) is 17.8.